The van der Waals surface area contributed by atoms with Gasteiger partial charge in [0.25, 0.3) is 0 Å². The summed E-state index contributed by atoms with van der Waals surface area (Å²) >= 11 is 0. The molecule has 0 atom stereocenters. The van der Waals surface area contributed by atoms with Crippen molar-refractivity contribution in [3.05, 3.63) is 0 Å². The van der Waals surface area contributed by atoms with Gasteiger partial charge >= 0.3 is 0 Å². The van der Waals surface area contributed by atoms with Gasteiger partial charge in [0.05, 0.1) is 0 Å². The zero-order valence-electron chi connectivity index (χ0n) is 7.49. The van der Waals surface area contributed by atoms with Crippen LogP contribution in [-0.4, -0.2) is 23.5 Å². The van der Waals surface area contributed by atoms with Gasteiger partial charge in [-0.2, -0.15) is 0 Å². The van der Waals surface area contributed by atoms with Gasteiger partial charge in [-0.1, -0.05) is 5.16 Å². The lowest BCUT2D eigenvalue weighted by Gasteiger charge is -2.02. The van der Waals surface area contributed by atoms with E-state index in [0.29, 0.717) is 19.4 Å². The van der Waals surface area contributed by atoms with E-state index in [-0.39, 0.29) is 17.7 Å². The maximum absolute atomic E-state index is 11.1. The normalized spacial score (nSPS) is 17.1. The van der Waals surface area contributed by atoms with Crippen molar-refractivity contribution in [1.29, 1.82) is 0 Å². The molecule has 0 aromatic rings. The molecule has 74 valence electrons. The van der Waals surface area contributed by atoms with Crippen molar-refractivity contribution in [3.63, 3.8) is 0 Å². The van der Waals surface area contributed by atoms with Crippen LogP contribution in [0.3, 0.4) is 0 Å². The number of oxime groups is 1. The zero-order chi connectivity index (χ0) is 9.68. The largest absolute Gasteiger partial charge is 0.409 e. The lowest BCUT2D eigenvalue weighted by Crippen LogP contribution is -2.26. The number of amides is 1. The highest BCUT2D eigenvalue weighted by Crippen LogP contribution is 2.28. The molecule has 0 unspecified atom stereocenters. The van der Waals surface area contributed by atoms with Crippen LogP contribution >= 0.6 is 0 Å². The van der Waals surface area contributed by atoms with Crippen LogP contribution in [0.2, 0.25) is 0 Å². The molecule has 0 heterocycles. The molecule has 0 radical (unpaired) electrons. The van der Waals surface area contributed by atoms with Crippen LogP contribution in [0.5, 0.6) is 0 Å². The SMILES string of the molecule is NC(CCCNC(=O)C1CC1)=NO. The molecule has 1 aliphatic carbocycles. The molecule has 4 N–H and O–H groups in total. The summed E-state index contributed by atoms with van der Waals surface area (Å²) < 4.78 is 0. The van der Waals surface area contributed by atoms with Gasteiger partial charge in [0.15, 0.2) is 0 Å². The van der Waals surface area contributed by atoms with Crippen LogP contribution in [0.1, 0.15) is 25.7 Å². The molecule has 1 amide bonds. The summed E-state index contributed by atoms with van der Waals surface area (Å²) in [5, 5.41) is 13.8. The number of rotatable bonds is 5. The topological polar surface area (TPSA) is 87.7 Å². The van der Waals surface area contributed by atoms with Crippen molar-refractivity contribution in [3.8, 4) is 0 Å². The number of carbonyl (C=O) groups excluding carboxylic acids is 1. The molecule has 5 heteroatoms. The van der Waals surface area contributed by atoms with Crippen molar-refractivity contribution in [2.45, 2.75) is 25.7 Å². The van der Waals surface area contributed by atoms with E-state index in [2.05, 4.69) is 10.5 Å². The number of amidine groups is 1. The van der Waals surface area contributed by atoms with Crippen molar-refractivity contribution in [2.75, 3.05) is 6.54 Å². The predicted octanol–water partition coefficient (Wildman–Crippen LogP) is 0.0392. The molecule has 0 aliphatic heterocycles. The number of hydrogen-bond donors (Lipinski definition) is 3. The van der Waals surface area contributed by atoms with Gasteiger partial charge in [0.1, 0.15) is 5.84 Å². The lowest BCUT2D eigenvalue weighted by atomic mass is 10.3. The molecule has 1 rings (SSSR count). The fourth-order valence-electron chi connectivity index (χ4n) is 1.02. The maximum Gasteiger partial charge on any atom is 0.223 e. The second-order valence-corrected chi connectivity index (χ2v) is 3.26. The minimum absolute atomic E-state index is 0.138. The Morgan fingerprint density at radius 1 is 1.62 bits per heavy atom. The Hall–Kier alpha value is -1.26. The Labute approximate surface area is 77.0 Å². The summed E-state index contributed by atoms with van der Waals surface area (Å²) in [7, 11) is 0. The van der Waals surface area contributed by atoms with Crippen LogP contribution in [0.25, 0.3) is 0 Å². The molecular weight excluding hydrogens is 170 g/mol. The molecule has 0 aromatic heterocycles. The molecule has 5 nitrogen and oxygen atoms in total. The number of nitrogens with one attached hydrogen (secondary N) is 1. The van der Waals surface area contributed by atoms with E-state index in [1.807, 2.05) is 0 Å². The Balaban J connectivity index is 1.97. The lowest BCUT2D eigenvalue weighted by molar-refractivity contribution is -0.122. The van der Waals surface area contributed by atoms with Gasteiger partial charge in [-0.05, 0) is 19.3 Å². The van der Waals surface area contributed by atoms with Crippen molar-refractivity contribution >= 4 is 11.7 Å². The van der Waals surface area contributed by atoms with E-state index in [1.165, 1.54) is 0 Å². The summed E-state index contributed by atoms with van der Waals surface area (Å²) in [6.07, 6.45) is 3.27. The van der Waals surface area contributed by atoms with E-state index >= 15 is 0 Å². The minimum Gasteiger partial charge on any atom is -0.409 e. The monoisotopic (exact) mass is 185 g/mol. The van der Waals surface area contributed by atoms with E-state index in [9.17, 15) is 4.79 Å². The summed E-state index contributed by atoms with van der Waals surface area (Å²) in [6, 6.07) is 0. The van der Waals surface area contributed by atoms with Gasteiger partial charge in [-0.25, -0.2) is 0 Å². The quantitative estimate of drug-likeness (QED) is 0.186. The van der Waals surface area contributed by atoms with Gasteiger partial charge < -0.3 is 16.3 Å². The number of carbonyl (C=O) groups is 1. The van der Waals surface area contributed by atoms with Crippen LogP contribution in [0.15, 0.2) is 5.16 Å². The Morgan fingerprint density at radius 3 is 2.85 bits per heavy atom. The highest BCUT2D eigenvalue weighted by molar-refractivity contribution is 5.81. The number of nitrogens with two attached hydrogens (primary N) is 1. The fraction of sp³-hybridized carbons (Fsp3) is 0.750. The third-order valence-corrected chi connectivity index (χ3v) is 1.99. The summed E-state index contributed by atoms with van der Waals surface area (Å²) in [6.45, 7) is 0.603. The van der Waals surface area contributed by atoms with E-state index in [1.54, 1.807) is 0 Å². The van der Waals surface area contributed by atoms with Crippen LogP contribution in [0.4, 0.5) is 0 Å². The molecule has 0 aromatic carbocycles. The Bertz CT molecular complexity index is 211. The van der Waals surface area contributed by atoms with Gasteiger partial charge in [0, 0.05) is 18.9 Å². The summed E-state index contributed by atoms with van der Waals surface area (Å²) in [5.74, 6) is 0.601. The number of nitrogens with zero attached hydrogens (tertiary/aromatic N) is 1. The standard InChI is InChI=1S/C8H15N3O2/c9-7(11-13)2-1-5-10-8(12)6-3-4-6/h6,13H,1-5H2,(H2,9,11)(H,10,12). The first kappa shape index (κ1) is 9.83. The molecule has 0 spiro atoms. The summed E-state index contributed by atoms with van der Waals surface area (Å²) in [5.41, 5.74) is 5.25. The number of hydrogen-bond acceptors (Lipinski definition) is 3. The average Bonchev–Trinajstić information content (AvgIpc) is 2.94. The first-order chi connectivity index (χ1) is 6.24. The molecule has 0 saturated heterocycles. The smallest absolute Gasteiger partial charge is 0.223 e. The molecule has 1 aliphatic rings. The highest BCUT2D eigenvalue weighted by atomic mass is 16.4. The average molecular weight is 185 g/mol. The third kappa shape index (κ3) is 3.78. The highest BCUT2D eigenvalue weighted by Gasteiger charge is 2.28. The van der Waals surface area contributed by atoms with Crippen molar-refractivity contribution < 1.29 is 10.0 Å². The minimum atomic E-state index is 0.138. The van der Waals surface area contributed by atoms with Crippen molar-refractivity contribution in [2.24, 2.45) is 16.8 Å². The van der Waals surface area contributed by atoms with Gasteiger partial charge in [-0.15, -0.1) is 0 Å². The fourth-order valence-corrected chi connectivity index (χ4v) is 1.02. The molecular formula is C8H15N3O2. The second-order valence-electron chi connectivity index (χ2n) is 3.26. The summed E-state index contributed by atoms with van der Waals surface area (Å²) in [4.78, 5) is 11.1. The zero-order valence-corrected chi connectivity index (χ0v) is 7.49. The maximum atomic E-state index is 11.1. The van der Waals surface area contributed by atoms with Crippen LogP contribution in [0, 0.1) is 5.92 Å². The Kier molecular flexibility index (Phi) is 3.54. The van der Waals surface area contributed by atoms with Crippen LogP contribution in [-0.2, 0) is 4.79 Å². The molecule has 1 fully saturated rings. The van der Waals surface area contributed by atoms with E-state index in [4.69, 9.17) is 10.9 Å². The Morgan fingerprint density at radius 2 is 2.31 bits per heavy atom. The molecule has 1 saturated carbocycles. The van der Waals surface area contributed by atoms with E-state index < -0.39 is 0 Å². The van der Waals surface area contributed by atoms with Crippen LogP contribution < -0.4 is 11.1 Å². The molecule has 13 heavy (non-hydrogen) atoms. The molecule has 0 bridgehead atoms. The van der Waals surface area contributed by atoms with Crippen molar-refractivity contribution in [1.82, 2.24) is 5.32 Å². The van der Waals surface area contributed by atoms with E-state index in [0.717, 1.165) is 12.8 Å². The van der Waals surface area contributed by atoms with Gasteiger partial charge in [0.2, 0.25) is 5.91 Å². The predicted molar refractivity (Wildman–Crippen MR) is 48.4 cm³/mol. The van der Waals surface area contributed by atoms with Gasteiger partial charge in [-0.3, -0.25) is 4.79 Å². The second kappa shape index (κ2) is 4.69. The first-order valence-corrected chi connectivity index (χ1v) is 4.48. The third-order valence-electron chi connectivity index (χ3n) is 1.99. The first-order valence-electron chi connectivity index (χ1n) is 4.48.